The quantitative estimate of drug-likeness (QED) is 0.100. The predicted molar refractivity (Wildman–Crippen MR) is 184 cm³/mol. The minimum absolute atomic E-state index is 0.0413. The lowest BCUT2D eigenvalue weighted by molar-refractivity contribution is -0.134. The number of primary amides is 2. The fraction of sp³-hybridized carbons (Fsp3) is 0.618. The number of ether oxygens (including phenoxy) is 1. The lowest BCUT2D eigenvalue weighted by Crippen LogP contribution is -2.59. The van der Waals surface area contributed by atoms with Crippen LogP contribution in [-0.2, 0) is 40.0 Å². The molecule has 4 rings (SSSR count). The number of rotatable bonds is 13. The Kier molecular flexibility index (Phi) is 15.2. The van der Waals surface area contributed by atoms with Gasteiger partial charge in [-0.25, -0.2) is 0 Å². The van der Waals surface area contributed by atoms with E-state index in [1.54, 1.807) is 43.0 Å². The van der Waals surface area contributed by atoms with Gasteiger partial charge in [0.2, 0.25) is 35.4 Å². The van der Waals surface area contributed by atoms with E-state index in [2.05, 4.69) is 26.6 Å². The number of nitrogens with one attached hydrogen (secondary N) is 5. The molecule has 1 aromatic carbocycles. The van der Waals surface area contributed by atoms with Crippen molar-refractivity contribution in [3.8, 4) is 5.75 Å². The first-order valence-corrected chi connectivity index (χ1v) is 17.3. The van der Waals surface area contributed by atoms with E-state index >= 15 is 0 Å². The van der Waals surface area contributed by atoms with Gasteiger partial charge >= 0.3 is 0 Å². The van der Waals surface area contributed by atoms with Crippen LogP contribution >= 0.6 is 0 Å². The summed E-state index contributed by atoms with van der Waals surface area (Å²) in [7, 11) is 0. The average molecular weight is 717 g/mol. The highest BCUT2D eigenvalue weighted by Crippen LogP contribution is 2.21. The zero-order valence-electron chi connectivity index (χ0n) is 29.6. The number of likely N-dealkylation sites (tertiary alicyclic amines) is 1. The van der Waals surface area contributed by atoms with Crippen LogP contribution < -0.4 is 42.8 Å². The normalized spacial score (nSPS) is 22.8. The van der Waals surface area contributed by atoms with Gasteiger partial charge in [-0.3, -0.25) is 38.5 Å². The molecule has 17 heteroatoms. The van der Waals surface area contributed by atoms with E-state index in [9.17, 15) is 38.7 Å². The molecule has 0 aromatic heterocycles. The molecule has 3 aliphatic rings. The van der Waals surface area contributed by atoms with E-state index in [1.807, 2.05) is 13.8 Å². The van der Waals surface area contributed by atoms with E-state index in [4.69, 9.17) is 16.2 Å². The number of β-amino-alcohol motifs (C(OH)–C–C–N with tert-alkyl or cyclic N) is 1. The third-order valence-corrected chi connectivity index (χ3v) is 9.20. The van der Waals surface area contributed by atoms with E-state index < -0.39 is 90.6 Å². The topological polar surface area (TPSA) is 264 Å². The first kappa shape index (κ1) is 40.7. The Hall–Kier alpha value is -4.77. The highest BCUT2D eigenvalue weighted by molar-refractivity contribution is 5.94. The molecule has 0 aliphatic carbocycles. The van der Waals surface area contributed by atoms with Gasteiger partial charge in [0.05, 0.1) is 31.2 Å². The second kappa shape index (κ2) is 19.0. The van der Waals surface area contributed by atoms with Crippen molar-refractivity contribution in [2.24, 2.45) is 23.3 Å². The molecule has 10 N–H and O–H groups in total. The number of benzene rings is 1. The predicted octanol–water partition coefficient (Wildman–Crippen LogP) is -2.43. The second-order valence-electron chi connectivity index (χ2n) is 13.5. The van der Waals surface area contributed by atoms with Crippen molar-refractivity contribution in [2.45, 2.75) is 96.1 Å². The molecule has 3 heterocycles. The van der Waals surface area contributed by atoms with Gasteiger partial charge in [-0.2, -0.15) is 0 Å². The molecular weight excluding hydrogens is 664 g/mol. The highest BCUT2D eigenvalue weighted by atomic mass is 16.5. The SMILES string of the molecule is CCC(C)C(NC(=O)[C@@H]1CCCN1C[C@@H](O)[C@@H]1Cc2ccc(cc2)OCC(=O)NCC(=O)N[C@@H](CC(N)=O)C(=O)N1)C(=O)N[C@H](C(N)=O)C(C)C. The van der Waals surface area contributed by atoms with Crippen molar-refractivity contribution >= 4 is 41.4 Å². The van der Waals surface area contributed by atoms with Crippen LogP contribution in [0.15, 0.2) is 24.3 Å². The van der Waals surface area contributed by atoms with Crippen LogP contribution in [0, 0.1) is 11.8 Å². The van der Waals surface area contributed by atoms with E-state index in [0.717, 1.165) is 0 Å². The number of amides is 7. The Bertz CT molecular complexity index is 1420. The van der Waals surface area contributed by atoms with Crippen LogP contribution in [0.4, 0.5) is 0 Å². The molecule has 0 saturated carbocycles. The summed E-state index contributed by atoms with van der Waals surface area (Å²) in [6, 6.07) is 1.76. The summed E-state index contributed by atoms with van der Waals surface area (Å²) in [6.07, 6.45) is -0.0211. The van der Waals surface area contributed by atoms with Gasteiger partial charge in [-0.05, 0) is 55.3 Å². The summed E-state index contributed by atoms with van der Waals surface area (Å²) in [5.41, 5.74) is 11.5. The average Bonchev–Trinajstić information content (AvgIpc) is 3.54. The summed E-state index contributed by atoms with van der Waals surface area (Å²) in [5.74, 6) is -4.74. The van der Waals surface area contributed by atoms with Crippen LogP contribution in [0.5, 0.6) is 5.75 Å². The van der Waals surface area contributed by atoms with Gasteiger partial charge in [0, 0.05) is 6.54 Å². The monoisotopic (exact) mass is 716 g/mol. The maximum atomic E-state index is 13.7. The number of fused-ring (bicyclic) bond motifs is 13. The van der Waals surface area contributed by atoms with E-state index in [1.165, 1.54) is 0 Å². The Balaban J connectivity index is 1.82. The maximum Gasteiger partial charge on any atom is 0.258 e. The standard InChI is InChI=1S/C34H52N8O9/c1-5-19(4)30(34(50)40-29(18(2)3)31(36)47)41-33(49)24-7-6-12-42(24)16-25(43)22-13-20-8-10-21(11-9-20)51-17-28(46)37-15-27(45)38-23(14-26(35)44)32(48)39-22/h8-11,18-19,22-25,29-30,43H,5-7,12-17H2,1-4H3,(H2,35,44)(H2,36,47)(H,37,46)(H,38,45)(H,39,48)(H,40,50)(H,41,49)/t19?,22-,23-,24-,25+,29-,30?/m0/s1. The summed E-state index contributed by atoms with van der Waals surface area (Å²) in [5, 5.41) is 24.7. The van der Waals surface area contributed by atoms with Crippen LogP contribution in [0.25, 0.3) is 0 Å². The summed E-state index contributed by atoms with van der Waals surface area (Å²) < 4.78 is 5.48. The third kappa shape index (κ3) is 12.2. The molecule has 0 spiro atoms. The fourth-order valence-electron chi connectivity index (χ4n) is 6.05. The van der Waals surface area contributed by atoms with Gasteiger partial charge in [0.25, 0.3) is 5.91 Å². The van der Waals surface area contributed by atoms with Crippen LogP contribution in [-0.4, -0.2) is 114 Å². The Morgan fingerprint density at radius 3 is 2.29 bits per heavy atom. The smallest absolute Gasteiger partial charge is 0.258 e. The maximum absolute atomic E-state index is 13.7. The number of aliphatic hydroxyl groups is 1. The van der Waals surface area contributed by atoms with Crippen molar-refractivity contribution in [1.29, 1.82) is 0 Å². The summed E-state index contributed by atoms with van der Waals surface area (Å²) in [4.78, 5) is 90.7. The van der Waals surface area contributed by atoms with Gasteiger partial charge in [-0.15, -0.1) is 0 Å². The minimum Gasteiger partial charge on any atom is -0.484 e. The van der Waals surface area contributed by atoms with Crippen LogP contribution in [0.3, 0.4) is 0 Å². The van der Waals surface area contributed by atoms with Crippen LogP contribution in [0.1, 0.15) is 58.9 Å². The minimum atomic E-state index is -1.40. The zero-order valence-corrected chi connectivity index (χ0v) is 29.6. The van der Waals surface area contributed by atoms with E-state index in [-0.39, 0.29) is 31.4 Å². The molecule has 17 nitrogen and oxygen atoms in total. The summed E-state index contributed by atoms with van der Waals surface area (Å²) >= 11 is 0. The second-order valence-corrected chi connectivity index (χ2v) is 13.5. The number of nitrogens with two attached hydrogens (primary N) is 2. The molecule has 3 aliphatic heterocycles. The third-order valence-electron chi connectivity index (χ3n) is 9.20. The molecule has 51 heavy (non-hydrogen) atoms. The number of hydrogen-bond acceptors (Lipinski definition) is 10. The Morgan fingerprint density at radius 2 is 1.69 bits per heavy atom. The van der Waals surface area contributed by atoms with Crippen molar-refractivity contribution in [1.82, 2.24) is 31.5 Å². The van der Waals surface area contributed by atoms with Crippen molar-refractivity contribution < 1.29 is 43.4 Å². The first-order chi connectivity index (χ1) is 24.1. The van der Waals surface area contributed by atoms with Crippen molar-refractivity contribution in [3.05, 3.63) is 29.8 Å². The molecule has 0 radical (unpaired) electrons. The molecule has 2 unspecified atom stereocenters. The number of carbonyl (C=O) groups excluding carboxylic acids is 7. The lowest BCUT2D eigenvalue weighted by atomic mass is 9.96. The molecular formula is C34H52N8O9. The van der Waals surface area contributed by atoms with Crippen molar-refractivity contribution in [3.63, 3.8) is 0 Å². The first-order valence-electron chi connectivity index (χ1n) is 17.3. The molecule has 7 amide bonds. The molecule has 1 aromatic rings. The number of carbonyl (C=O) groups is 7. The van der Waals surface area contributed by atoms with Gasteiger partial charge in [0.1, 0.15) is 23.9 Å². The zero-order chi connectivity index (χ0) is 37.8. The van der Waals surface area contributed by atoms with Crippen LogP contribution in [0.2, 0.25) is 0 Å². The van der Waals surface area contributed by atoms with Gasteiger partial charge in [0.15, 0.2) is 6.61 Å². The lowest BCUT2D eigenvalue weighted by Gasteiger charge is -2.33. The molecule has 1 saturated heterocycles. The fourth-order valence-corrected chi connectivity index (χ4v) is 6.05. The largest absolute Gasteiger partial charge is 0.484 e. The number of hydrogen-bond donors (Lipinski definition) is 8. The number of nitrogens with zero attached hydrogens (tertiary/aromatic N) is 1. The highest BCUT2D eigenvalue weighted by Gasteiger charge is 2.38. The van der Waals surface area contributed by atoms with Crippen molar-refractivity contribution in [2.75, 3.05) is 26.2 Å². The molecule has 2 bridgehead atoms. The Morgan fingerprint density at radius 1 is 1.00 bits per heavy atom. The van der Waals surface area contributed by atoms with Gasteiger partial charge < -0.3 is 47.9 Å². The van der Waals surface area contributed by atoms with Gasteiger partial charge in [-0.1, -0.05) is 46.2 Å². The summed E-state index contributed by atoms with van der Waals surface area (Å²) in [6.45, 7) is 6.76. The number of aliphatic hydroxyl groups excluding tert-OH is 1. The molecule has 1 fully saturated rings. The Labute approximate surface area is 297 Å². The van der Waals surface area contributed by atoms with E-state index in [0.29, 0.717) is 37.1 Å². The molecule has 7 atom stereocenters. The molecule has 282 valence electrons.